The number of likely N-dealkylation sites (tertiary alicyclic amines) is 1. The zero-order valence-corrected chi connectivity index (χ0v) is 18.3. The van der Waals surface area contributed by atoms with Gasteiger partial charge in [-0.05, 0) is 36.2 Å². The second-order valence-corrected chi connectivity index (χ2v) is 8.62. The Kier molecular flexibility index (Phi) is 5.07. The fraction of sp³-hybridized carbons (Fsp3) is 0.375. The van der Waals surface area contributed by atoms with E-state index in [1.807, 2.05) is 36.5 Å². The number of methoxy groups -OCH3 is 1. The molecule has 3 aromatic heterocycles. The number of aromatic nitrogens is 4. The molecule has 6 rings (SSSR count). The number of fused-ring (bicyclic) bond motifs is 2. The highest BCUT2D eigenvalue weighted by Crippen LogP contribution is 2.33. The molecule has 2 aliphatic heterocycles. The van der Waals surface area contributed by atoms with Gasteiger partial charge in [0.2, 0.25) is 11.8 Å². The van der Waals surface area contributed by atoms with Crippen molar-refractivity contribution in [2.24, 2.45) is 0 Å². The van der Waals surface area contributed by atoms with Crippen molar-refractivity contribution in [2.75, 3.05) is 38.7 Å². The number of benzene rings is 1. The van der Waals surface area contributed by atoms with Crippen LogP contribution in [0.5, 0.6) is 5.88 Å². The van der Waals surface area contributed by atoms with Gasteiger partial charge in [-0.3, -0.25) is 9.88 Å². The number of ether oxygens (including phenoxy) is 2. The Hall–Kier alpha value is -3.30. The first-order valence-corrected chi connectivity index (χ1v) is 11.2. The number of pyridine rings is 1. The van der Waals surface area contributed by atoms with Crippen LogP contribution in [-0.2, 0) is 4.74 Å². The third-order valence-corrected chi connectivity index (χ3v) is 6.61. The predicted octanol–water partition coefficient (Wildman–Crippen LogP) is 3.18. The Labute approximate surface area is 190 Å². The number of piperidine rings is 1. The Morgan fingerprint density at radius 3 is 2.91 bits per heavy atom. The molecule has 2 saturated heterocycles. The summed E-state index contributed by atoms with van der Waals surface area (Å²) in [6.07, 6.45) is 3.34. The molecule has 8 nitrogen and oxygen atoms in total. The lowest BCUT2D eigenvalue weighted by Gasteiger charge is -2.42. The highest BCUT2D eigenvalue weighted by atomic mass is 19.1. The van der Waals surface area contributed by atoms with E-state index >= 15 is 0 Å². The van der Waals surface area contributed by atoms with Crippen LogP contribution in [0, 0.1) is 0 Å². The van der Waals surface area contributed by atoms with Crippen molar-refractivity contribution in [3.05, 3.63) is 48.8 Å². The van der Waals surface area contributed by atoms with Gasteiger partial charge in [-0.25, -0.2) is 8.91 Å². The van der Waals surface area contributed by atoms with E-state index in [1.54, 1.807) is 17.8 Å². The van der Waals surface area contributed by atoms with E-state index in [0.717, 1.165) is 34.1 Å². The van der Waals surface area contributed by atoms with E-state index in [-0.39, 0.29) is 6.04 Å². The van der Waals surface area contributed by atoms with Crippen LogP contribution in [0.3, 0.4) is 0 Å². The lowest BCUT2D eigenvalue weighted by molar-refractivity contribution is -0.0794. The first kappa shape index (κ1) is 20.3. The highest BCUT2D eigenvalue weighted by molar-refractivity contribution is 5.90. The van der Waals surface area contributed by atoms with E-state index in [2.05, 4.69) is 31.3 Å². The summed E-state index contributed by atoms with van der Waals surface area (Å²) in [4.78, 5) is 11.1. The van der Waals surface area contributed by atoms with Crippen LogP contribution in [0.2, 0.25) is 0 Å². The average molecular weight is 449 g/mol. The average Bonchev–Trinajstić information content (AvgIpc) is 3.23. The SMILES string of the molecule is COc1nc(N[C@H]2CCN(C3COC3)C[C@@H]2F)nn2ccc(-c3ccc4ncccc4c3)c12. The van der Waals surface area contributed by atoms with Gasteiger partial charge in [0, 0.05) is 36.4 Å². The molecule has 2 fully saturated rings. The smallest absolute Gasteiger partial charge is 0.244 e. The summed E-state index contributed by atoms with van der Waals surface area (Å²) in [5.74, 6) is 0.801. The van der Waals surface area contributed by atoms with Crippen LogP contribution >= 0.6 is 0 Å². The van der Waals surface area contributed by atoms with E-state index in [0.29, 0.717) is 44.0 Å². The maximum atomic E-state index is 14.9. The van der Waals surface area contributed by atoms with E-state index in [4.69, 9.17) is 9.47 Å². The Morgan fingerprint density at radius 2 is 2.12 bits per heavy atom. The van der Waals surface area contributed by atoms with Crippen LogP contribution in [0.1, 0.15) is 6.42 Å². The maximum absolute atomic E-state index is 14.9. The molecule has 0 saturated carbocycles. The standard InChI is InChI=1S/C24H25FN6O2/c1-32-23-22-18(15-4-5-20-16(11-15)3-2-8-26-20)6-10-31(22)29-24(28-23)27-21-7-9-30(12-19(21)25)17-13-33-14-17/h2-6,8,10-11,17,19,21H,7,9,12-14H2,1H3,(H,27,29)/t19-,21-/m0/s1. The minimum atomic E-state index is -1.00. The molecular formula is C24H25FN6O2. The molecule has 1 N–H and O–H groups in total. The molecule has 4 aromatic rings. The summed E-state index contributed by atoms with van der Waals surface area (Å²) in [5.41, 5.74) is 3.69. The molecule has 0 amide bonds. The number of nitrogens with one attached hydrogen (secondary N) is 1. The third-order valence-electron chi connectivity index (χ3n) is 6.61. The summed E-state index contributed by atoms with van der Waals surface area (Å²) < 4.78 is 27.5. The topological polar surface area (TPSA) is 76.8 Å². The van der Waals surface area contributed by atoms with Gasteiger partial charge in [0.25, 0.3) is 0 Å². The van der Waals surface area contributed by atoms with Crippen molar-refractivity contribution in [2.45, 2.75) is 24.7 Å². The summed E-state index contributed by atoms with van der Waals surface area (Å²) in [7, 11) is 1.59. The van der Waals surface area contributed by atoms with Gasteiger partial charge in [-0.1, -0.05) is 12.1 Å². The van der Waals surface area contributed by atoms with Crippen LogP contribution in [-0.4, -0.2) is 76.2 Å². The normalized spacial score (nSPS) is 21.9. The van der Waals surface area contributed by atoms with Crippen molar-refractivity contribution in [3.8, 4) is 17.0 Å². The van der Waals surface area contributed by atoms with E-state index in [1.165, 1.54) is 0 Å². The molecule has 2 aliphatic rings. The Balaban J connectivity index is 1.28. The molecule has 0 aliphatic carbocycles. The lowest BCUT2D eigenvalue weighted by Crippen LogP contribution is -2.57. The number of anilines is 1. The van der Waals surface area contributed by atoms with Gasteiger partial charge in [0.1, 0.15) is 11.7 Å². The van der Waals surface area contributed by atoms with Crippen molar-refractivity contribution >= 4 is 22.4 Å². The van der Waals surface area contributed by atoms with Crippen LogP contribution < -0.4 is 10.1 Å². The Bertz CT molecular complexity index is 1310. The number of alkyl halides is 1. The van der Waals surface area contributed by atoms with Crippen LogP contribution in [0.15, 0.2) is 48.8 Å². The lowest BCUT2D eigenvalue weighted by atomic mass is 10.0. The molecule has 33 heavy (non-hydrogen) atoms. The molecule has 0 spiro atoms. The molecule has 170 valence electrons. The monoisotopic (exact) mass is 448 g/mol. The number of hydrogen-bond acceptors (Lipinski definition) is 7. The van der Waals surface area contributed by atoms with Crippen molar-refractivity contribution in [1.82, 2.24) is 24.5 Å². The molecule has 9 heteroatoms. The Morgan fingerprint density at radius 1 is 1.21 bits per heavy atom. The van der Waals surface area contributed by atoms with Crippen LogP contribution in [0.25, 0.3) is 27.5 Å². The minimum Gasteiger partial charge on any atom is -0.479 e. The molecule has 1 aromatic carbocycles. The third kappa shape index (κ3) is 3.67. The quantitative estimate of drug-likeness (QED) is 0.503. The van der Waals surface area contributed by atoms with Crippen molar-refractivity contribution < 1.29 is 13.9 Å². The van der Waals surface area contributed by atoms with Gasteiger partial charge in [0.05, 0.1) is 37.9 Å². The fourth-order valence-corrected chi connectivity index (χ4v) is 4.69. The molecule has 0 radical (unpaired) electrons. The predicted molar refractivity (Wildman–Crippen MR) is 123 cm³/mol. The van der Waals surface area contributed by atoms with Gasteiger partial charge < -0.3 is 14.8 Å². The summed E-state index contributed by atoms with van der Waals surface area (Å²) in [5, 5.41) is 8.86. The van der Waals surface area contributed by atoms with E-state index < -0.39 is 6.17 Å². The minimum absolute atomic E-state index is 0.340. The van der Waals surface area contributed by atoms with Gasteiger partial charge in [0.15, 0.2) is 0 Å². The summed E-state index contributed by atoms with van der Waals surface area (Å²) in [6.45, 7) is 2.63. The van der Waals surface area contributed by atoms with Crippen LogP contribution in [0.4, 0.5) is 10.3 Å². The summed E-state index contributed by atoms with van der Waals surface area (Å²) in [6, 6.07) is 12.1. The van der Waals surface area contributed by atoms with E-state index in [9.17, 15) is 4.39 Å². The summed E-state index contributed by atoms with van der Waals surface area (Å²) >= 11 is 0. The number of hydrogen-bond donors (Lipinski definition) is 1. The van der Waals surface area contributed by atoms with Gasteiger partial charge in [-0.2, -0.15) is 4.98 Å². The fourth-order valence-electron chi connectivity index (χ4n) is 4.69. The zero-order valence-electron chi connectivity index (χ0n) is 18.3. The molecular weight excluding hydrogens is 423 g/mol. The first-order chi connectivity index (χ1) is 16.2. The number of halogens is 1. The van der Waals surface area contributed by atoms with Gasteiger partial charge in [-0.15, -0.1) is 5.10 Å². The molecule has 5 heterocycles. The highest BCUT2D eigenvalue weighted by Gasteiger charge is 2.35. The zero-order chi connectivity index (χ0) is 22.4. The second-order valence-electron chi connectivity index (χ2n) is 8.62. The van der Waals surface area contributed by atoms with Crippen molar-refractivity contribution in [3.63, 3.8) is 0 Å². The van der Waals surface area contributed by atoms with Crippen molar-refractivity contribution in [1.29, 1.82) is 0 Å². The maximum Gasteiger partial charge on any atom is 0.244 e. The largest absolute Gasteiger partial charge is 0.479 e. The molecule has 0 bridgehead atoms. The number of rotatable bonds is 5. The molecule has 0 unspecified atom stereocenters. The van der Waals surface area contributed by atoms with Gasteiger partial charge >= 0.3 is 0 Å². The second kappa shape index (κ2) is 8.24. The molecule has 2 atom stereocenters. The first-order valence-electron chi connectivity index (χ1n) is 11.2. The number of nitrogens with zero attached hydrogens (tertiary/aromatic N) is 5.